The second-order valence-corrected chi connectivity index (χ2v) is 8.05. The minimum Gasteiger partial charge on any atom is -0.486 e. The second kappa shape index (κ2) is 8.33. The number of aryl methyl sites for hydroxylation is 1. The number of ether oxygens (including phenoxy) is 3. The number of hydrogen-bond donors (Lipinski definition) is 1. The third-order valence-corrected chi connectivity index (χ3v) is 5.74. The van der Waals surface area contributed by atoms with E-state index in [4.69, 9.17) is 25.8 Å². The van der Waals surface area contributed by atoms with Gasteiger partial charge in [-0.15, -0.1) is 11.3 Å². The van der Waals surface area contributed by atoms with Crippen LogP contribution >= 0.6 is 22.9 Å². The van der Waals surface area contributed by atoms with Crippen LogP contribution in [0.25, 0.3) is 0 Å². The maximum atomic E-state index is 12.9. The van der Waals surface area contributed by atoms with Crippen LogP contribution in [0.5, 0.6) is 17.2 Å². The number of ketones is 1. The van der Waals surface area contributed by atoms with Crippen molar-refractivity contribution in [1.29, 1.82) is 0 Å². The van der Waals surface area contributed by atoms with Gasteiger partial charge in [-0.25, -0.2) is 4.98 Å². The number of thiazole rings is 1. The van der Waals surface area contributed by atoms with Crippen molar-refractivity contribution >= 4 is 40.3 Å². The van der Waals surface area contributed by atoms with Gasteiger partial charge in [0.1, 0.15) is 22.2 Å². The Morgan fingerprint density at radius 2 is 1.90 bits per heavy atom. The third kappa shape index (κ3) is 4.24. The Kier molecular flexibility index (Phi) is 5.61. The van der Waals surface area contributed by atoms with Crippen molar-refractivity contribution < 1.29 is 23.8 Å². The maximum Gasteiger partial charge on any atom is 0.267 e. The quantitative estimate of drug-likeness (QED) is 0.546. The number of carbonyl (C=O) groups excluding carboxylic acids is 2. The largest absolute Gasteiger partial charge is 0.486 e. The summed E-state index contributed by atoms with van der Waals surface area (Å²) in [6.45, 7) is 3.48. The van der Waals surface area contributed by atoms with Gasteiger partial charge < -0.3 is 19.5 Å². The number of amides is 1. The number of nitrogens with zero attached hydrogens (tertiary/aromatic N) is 1. The number of nitrogens with one attached hydrogen (secondary N) is 1. The molecule has 0 saturated heterocycles. The summed E-state index contributed by atoms with van der Waals surface area (Å²) in [6, 6.07) is 10.2. The zero-order chi connectivity index (χ0) is 21.3. The Bertz CT molecular complexity index is 1130. The molecular weight excluding hydrogens is 428 g/mol. The van der Waals surface area contributed by atoms with Crippen LogP contribution in [0.1, 0.15) is 37.7 Å². The maximum absolute atomic E-state index is 12.9. The Labute approximate surface area is 181 Å². The lowest BCUT2D eigenvalue weighted by atomic mass is 10.1. The molecular formula is C21H17ClN2O5S. The standard InChI is InChI=1S/C21H17ClN2O5S/c1-11-20(30-19(23-11)9-27-14-5-3-13(22)4-6-14)21(26)24-16-8-18-17(28-10-29-18)7-15(16)12(2)25/h3-8H,9-10H2,1-2H3,(H,24,26). The zero-order valence-electron chi connectivity index (χ0n) is 16.2. The van der Waals surface area contributed by atoms with Crippen LogP contribution in [0, 0.1) is 6.92 Å². The van der Waals surface area contributed by atoms with Gasteiger partial charge in [0.15, 0.2) is 17.3 Å². The van der Waals surface area contributed by atoms with Crippen LogP contribution in [0.2, 0.25) is 5.02 Å². The molecule has 3 aromatic rings. The van der Waals surface area contributed by atoms with Crippen LogP contribution in [-0.4, -0.2) is 23.5 Å². The van der Waals surface area contributed by atoms with Gasteiger partial charge in [-0.1, -0.05) is 11.6 Å². The molecule has 0 fully saturated rings. The van der Waals surface area contributed by atoms with Crippen LogP contribution in [-0.2, 0) is 6.61 Å². The third-order valence-electron chi connectivity index (χ3n) is 4.36. The minimum atomic E-state index is -0.357. The number of Topliss-reactive ketones (excluding diaryl/α,β-unsaturated/α-hetero) is 1. The van der Waals surface area contributed by atoms with Gasteiger partial charge in [0.2, 0.25) is 6.79 Å². The highest BCUT2D eigenvalue weighted by atomic mass is 35.5. The number of fused-ring (bicyclic) bond motifs is 1. The molecule has 0 saturated carbocycles. The summed E-state index contributed by atoms with van der Waals surface area (Å²) in [5.41, 5.74) is 1.29. The molecule has 1 aromatic heterocycles. The monoisotopic (exact) mass is 444 g/mol. The first-order valence-electron chi connectivity index (χ1n) is 9.01. The number of aromatic nitrogens is 1. The van der Waals surface area contributed by atoms with Gasteiger partial charge in [0.25, 0.3) is 5.91 Å². The van der Waals surface area contributed by atoms with Gasteiger partial charge in [-0.3, -0.25) is 9.59 Å². The number of carbonyl (C=O) groups is 2. The van der Waals surface area contributed by atoms with Gasteiger partial charge in [0.05, 0.1) is 11.4 Å². The average Bonchev–Trinajstić information content (AvgIpc) is 3.32. The predicted octanol–water partition coefficient (Wildman–Crippen LogP) is 4.87. The van der Waals surface area contributed by atoms with E-state index < -0.39 is 0 Å². The fraction of sp³-hybridized carbons (Fsp3) is 0.190. The lowest BCUT2D eigenvalue weighted by Gasteiger charge is -2.10. The molecule has 0 unspecified atom stereocenters. The molecule has 4 rings (SSSR count). The average molecular weight is 445 g/mol. The Hall–Kier alpha value is -3.10. The highest BCUT2D eigenvalue weighted by Crippen LogP contribution is 2.37. The first kappa shape index (κ1) is 20.2. The van der Waals surface area contributed by atoms with Gasteiger partial charge in [0, 0.05) is 16.7 Å². The van der Waals surface area contributed by atoms with Crippen molar-refractivity contribution in [2.75, 3.05) is 12.1 Å². The summed E-state index contributed by atoms with van der Waals surface area (Å²) in [6.07, 6.45) is 0. The molecule has 0 radical (unpaired) electrons. The molecule has 30 heavy (non-hydrogen) atoms. The molecule has 1 amide bonds. The van der Waals surface area contributed by atoms with Crippen molar-refractivity contribution in [2.24, 2.45) is 0 Å². The van der Waals surface area contributed by atoms with E-state index in [9.17, 15) is 9.59 Å². The van der Waals surface area contributed by atoms with Crippen molar-refractivity contribution in [3.8, 4) is 17.2 Å². The van der Waals surface area contributed by atoms with Gasteiger partial charge in [-0.05, 0) is 44.2 Å². The first-order chi connectivity index (χ1) is 14.4. The smallest absolute Gasteiger partial charge is 0.267 e. The SMILES string of the molecule is CC(=O)c1cc2c(cc1NC(=O)c1sc(COc3ccc(Cl)cc3)nc1C)OCO2. The Morgan fingerprint density at radius 3 is 2.60 bits per heavy atom. The van der Waals surface area contributed by atoms with Crippen molar-refractivity contribution in [1.82, 2.24) is 4.98 Å². The molecule has 0 bridgehead atoms. The van der Waals surface area contributed by atoms with E-state index in [0.29, 0.717) is 49.1 Å². The van der Waals surface area contributed by atoms with Crippen LogP contribution < -0.4 is 19.5 Å². The highest BCUT2D eigenvalue weighted by Gasteiger charge is 2.22. The van der Waals surface area contributed by atoms with Crippen molar-refractivity contribution in [3.63, 3.8) is 0 Å². The lowest BCUT2D eigenvalue weighted by Crippen LogP contribution is -2.14. The summed E-state index contributed by atoms with van der Waals surface area (Å²) in [7, 11) is 0. The predicted molar refractivity (Wildman–Crippen MR) is 113 cm³/mol. The van der Waals surface area contributed by atoms with Crippen molar-refractivity contribution in [2.45, 2.75) is 20.5 Å². The molecule has 1 aliphatic heterocycles. The molecule has 2 heterocycles. The molecule has 0 spiro atoms. The van der Waals surface area contributed by atoms with E-state index in [1.54, 1.807) is 43.3 Å². The number of hydrogen-bond acceptors (Lipinski definition) is 7. The topological polar surface area (TPSA) is 86.8 Å². The van der Waals surface area contributed by atoms with Gasteiger partial charge >= 0.3 is 0 Å². The van der Waals surface area contributed by atoms with Gasteiger partial charge in [-0.2, -0.15) is 0 Å². The molecule has 1 aliphatic rings. The summed E-state index contributed by atoms with van der Waals surface area (Å²) < 4.78 is 16.4. The number of benzene rings is 2. The molecule has 2 aromatic carbocycles. The molecule has 154 valence electrons. The summed E-state index contributed by atoms with van der Waals surface area (Å²) >= 11 is 7.10. The minimum absolute atomic E-state index is 0.0784. The van der Waals surface area contributed by atoms with E-state index in [2.05, 4.69) is 10.3 Å². The van der Waals surface area contributed by atoms with Crippen LogP contribution in [0.3, 0.4) is 0 Å². The van der Waals surface area contributed by atoms with E-state index in [0.717, 1.165) is 0 Å². The van der Waals surface area contributed by atoms with E-state index >= 15 is 0 Å². The Morgan fingerprint density at radius 1 is 1.20 bits per heavy atom. The van der Waals surface area contributed by atoms with E-state index in [1.165, 1.54) is 18.3 Å². The zero-order valence-corrected chi connectivity index (χ0v) is 17.7. The van der Waals surface area contributed by atoms with E-state index in [-0.39, 0.29) is 25.1 Å². The van der Waals surface area contributed by atoms with Crippen LogP contribution in [0.15, 0.2) is 36.4 Å². The molecule has 1 N–H and O–H groups in total. The summed E-state index contributed by atoms with van der Waals surface area (Å²) in [4.78, 5) is 29.7. The molecule has 0 atom stereocenters. The molecule has 0 aliphatic carbocycles. The second-order valence-electron chi connectivity index (χ2n) is 6.53. The Balaban J connectivity index is 1.50. The summed E-state index contributed by atoms with van der Waals surface area (Å²) in [5, 5.41) is 4.07. The van der Waals surface area contributed by atoms with E-state index in [1.807, 2.05) is 0 Å². The number of rotatable bonds is 6. The fourth-order valence-electron chi connectivity index (χ4n) is 2.92. The highest BCUT2D eigenvalue weighted by molar-refractivity contribution is 7.13. The molecule has 9 heteroatoms. The van der Waals surface area contributed by atoms with Crippen molar-refractivity contribution in [3.05, 3.63) is 62.6 Å². The lowest BCUT2D eigenvalue weighted by molar-refractivity contribution is 0.101. The summed E-state index contributed by atoms with van der Waals surface area (Å²) in [5.74, 6) is 1.07. The van der Waals surface area contributed by atoms with Crippen LogP contribution in [0.4, 0.5) is 5.69 Å². The number of halogens is 1. The normalized spacial score (nSPS) is 12.0. The first-order valence-corrected chi connectivity index (χ1v) is 10.2. The number of anilines is 1. The fourth-order valence-corrected chi connectivity index (χ4v) is 3.92. The molecule has 7 nitrogen and oxygen atoms in total.